The van der Waals surface area contributed by atoms with E-state index in [0.717, 1.165) is 17.3 Å². The van der Waals surface area contributed by atoms with Crippen LogP contribution in [0, 0.1) is 0 Å². The molecule has 0 aromatic heterocycles. The number of alkyl halides is 3. The summed E-state index contributed by atoms with van der Waals surface area (Å²) in [6.45, 7) is 4.21. The van der Waals surface area contributed by atoms with Gasteiger partial charge in [-0.1, -0.05) is 26.0 Å². The highest BCUT2D eigenvalue weighted by molar-refractivity contribution is 5.96. The van der Waals surface area contributed by atoms with Crippen LogP contribution in [0.1, 0.15) is 48.4 Å². The van der Waals surface area contributed by atoms with Gasteiger partial charge in [0.05, 0.1) is 18.5 Å². The van der Waals surface area contributed by atoms with E-state index in [4.69, 9.17) is 9.84 Å². The monoisotopic (exact) mass is 464 g/mol. The molecule has 1 amide bonds. The molecule has 0 bridgehead atoms. The van der Waals surface area contributed by atoms with E-state index in [1.54, 1.807) is 43.0 Å². The van der Waals surface area contributed by atoms with Gasteiger partial charge < -0.3 is 20.1 Å². The smallest absolute Gasteiger partial charge is 0.416 e. The lowest BCUT2D eigenvalue weighted by molar-refractivity contribution is -0.138. The Kier molecular flexibility index (Phi) is 7.63. The molecular formula is C24H27F3N2O4. The lowest BCUT2D eigenvalue weighted by Crippen LogP contribution is -2.37. The van der Waals surface area contributed by atoms with Crippen molar-refractivity contribution < 1.29 is 32.6 Å². The van der Waals surface area contributed by atoms with Crippen molar-refractivity contribution in [2.75, 3.05) is 24.5 Å². The van der Waals surface area contributed by atoms with Crippen LogP contribution in [0.3, 0.4) is 0 Å². The van der Waals surface area contributed by atoms with Crippen molar-refractivity contribution >= 4 is 17.6 Å². The van der Waals surface area contributed by atoms with Crippen LogP contribution in [0.25, 0.3) is 0 Å². The number of aliphatic carboxylic acids is 1. The minimum atomic E-state index is -4.43. The molecule has 2 aromatic carbocycles. The van der Waals surface area contributed by atoms with Crippen LogP contribution in [0.2, 0.25) is 0 Å². The minimum absolute atomic E-state index is 0.00359. The van der Waals surface area contributed by atoms with Crippen LogP contribution in [0.5, 0.6) is 5.75 Å². The lowest BCUT2D eigenvalue weighted by Gasteiger charge is -2.18. The topological polar surface area (TPSA) is 78.9 Å². The number of anilines is 1. The number of amides is 1. The van der Waals surface area contributed by atoms with E-state index >= 15 is 0 Å². The minimum Gasteiger partial charge on any atom is -0.489 e. The molecule has 33 heavy (non-hydrogen) atoms. The van der Waals surface area contributed by atoms with E-state index in [1.807, 2.05) is 0 Å². The Bertz CT molecular complexity index is 1020. The maximum atomic E-state index is 13.4. The molecule has 2 aromatic rings. The van der Waals surface area contributed by atoms with Crippen molar-refractivity contribution in [1.82, 2.24) is 5.32 Å². The van der Waals surface area contributed by atoms with Gasteiger partial charge >= 0.3 is 12.1 Å². The van der Waals surface area contributed by atoms with Crippen LogP contribution < -0.4 is 15.0 Å². The summed E-state index contributed by atoms with van der Waals surface area (Å²) in [7, 11) is 0. The summed E-state index contributed by atoms with van der Waals surface area (Å²) in [6, 6.07) is 9.54. The van der Waals surface area contributed by atoms with Gasteiger partial charge in [-0.2, -0.15) is 13.2 Å². The number of halogens is 3. The number of hydrogen-bond acceptors (Lipinski definition) is 4. The van der Waals surface area contributed by atoms with E-state index in [9.17, 15) is 22.8 Å². The molecule has 1 heterocycles. The molecule has 6 nitrogen and oxygen atoms in total. The third-order valence-corrected chi connectivity index (χ3v) is 5.49. The van der Waals surface area contributed by atoms with E-state index in [1.165, 1.54) is 6.07 Å². The maximum absolute atomic E-state index is 13.4. The molecule has 1 aliphatic heterocycles. The Labute approximate surface area is 190 Å². The number of fused-ring (bicyclic) bond motifs is 1. The van der Waals surface area contributed by atoms with Crippen molar-refractivity contribution in [3.05, 3.63) is 58.7 Å². The van der Waals surface area contributed by atoms with E-state index in [0.29, 0.717) is 24.3 Å². The van der Waals surface area contributed by atoms with Gasteiger partial charge in [-0.3, -0.25) is 9.59 Å². The Morgan fingerprint density at radius 2 is 1.94 bits per heavy atom. The fourth-order valence-corrected chi connectivity index (χ4v) is 3.82. The average molecular weight is 464 g/mol. The molecule has 0 fully saturated rings. The molecule has 0 aliphatic carbocycles. The number of carboxylic acid groups (broad SMARTS) is 1. The number of nitrogens with one attached hydrogen (secondary N) is 1. The highest BCUT2D eigenvalue weighted by atomic mass is 19.4. The SMILES string of the molecule is CC(C)c1ccc(COc2ccc3c(c2)CCN3C(=O)CNCCC(=O)O)cc1C(F)(F)F. The zero-order valence-corrected chi connectivity index (χ0v) is 18.5. The summed E-state index contributed by atoms with van der Waals surface area (Å²) in [4.78, 5) is 24.6. The lowest BCUT2D eigenvalue weighted by atomic mass is 9.95. The maximum Gasteiger partial charge on any atom is 0.416 e. The number of nitrogens with zero attached hydrogens (tertiary/aromatic N) is 1. The van der Waals surface area contributed by atoms with Crippen LogP contribution in [0.4, 0.5) is 18.9 Å². The predicted octanol–water partition coefficient (Wildman–Crippen LogP) is 4.36. The molecule has 3 rings (SSSR count). The highest BCUT2D eigenvalue weighted by Gasteiger charge is 2.34. The first kappa shape index (κ1) is 24.6. The quantitative estimate of drug-likeness (QED) is 0.539. The zero-order valence-electron chi connectivity index (χ0n) is 18.5. The number of carbonyl (C=O) groups is 2. The van der Waals surface area contributed by atoms with Gasteiger partial charge in [0.2, 0.25) is 5.91 Å². The van der Waals surface area contributed by atoms with Crippen LogP contribution in [-0.4, -0.2) is 36.6 Å². The largest absolute Gasteiger partial charge is 0.489 e. The Morgan fingerprint density at radius 3 is 2.61 bits per heavy atom. The Balaban J connectivity index is 1.63. The van der Waals surface area contributed by atoms with Crippen molar-refractivity contribution in [2.24, 2.45) is 0 Å². The number of benzene rings is 2. The summed E-state index contributed by atoms with van der Waals surface area (Å²) in [6.07, 6.45) is -3.86. The summed E-state index contributed by atoms with van der Waals surface area (Å²) in [5, 5.41) is 11.5. The summed E-state index contributed by atoms with van der Waals surface area (Å²) in [5.74, 6) is -0.812. The molecular weight excluding hydrogens is 437 g/mol. The molecule has 0 spiro atoms. The first-order chi connectivity index (χ1) is 15.6. The van der Waals surface area contributed by atoms with Gasteiger partial charge in [-0.15, -0.1) is 0 Å². The third-order valence-electron chi connectivity index (χ3n) is 5.49. The fraction of sp³-hybridized carbons (Fsp3) is 0.417. The highest BCUT2D eigenvalue weighted by Crippen LogP contribution is 2.36. The normalized spacial score (nSPS) is 13.3. The molecule has 0 unspecified atom stereocenters. The summed E-state index contributed by atoms with van der Waals surface area (Å²) >= 11 is 0. The van der Waals surface area contributed by atoms with Crippen molar-refractivity contribution in [3.8, 4) is 5.75 Å². The first-order valence-corrected chi connectivity index (χ1v) is 10.7. The second kappa shape index (κ2) is 10.2. The van der Waals surface area contributed by atoms with Crippen LogP contribution in [-0.2, 0) is 28.8 Å². The predicted molar refractivity (Wildman–Crippen MR) is 117 cm³/mol. The van der Waals surface area contributed by atoms with Crippen molar-refractivity contribution in [3.63, 3.8) is 0 Å². The van der Waals surface area contributed by atoms with Gasteiger partial charge in [-0.25, -0.2) is 0 Å². The van der Waals surface area contributed by atoms with Crippen molar-refractivity contribution in [2.45, 2.75) is 45.4 Å². The zero-order chi connectivity index (χ0) is 24.2. The molecule has 1 aliphatic rings. The molecule has 0 saturated heterocycles. The number of rotatable bonds is 9. The molecule has 0 atom stereocenters. The Morgan fingerprint density at radius 1 is 1.18 bits per heavy atom. The number of carboxylic acids is 1. The number of hydrogen-bond donors (Lipinski definition) is 2. The third kappa shape index (κ3) is 6.25. The van der Waals surface area contributed by atoms with Gasteiger partial charge in [0, 0.05) is 18.8 Å². The van der Waals surface area contributed by atoms with Crippen LogP contribution >= 0.6 is 0 Å². The average Bonchev–Trinajstić information content (AvgIpc) is 3.17. The van der Waals surface area contributed by atoms with Gasteiger partial charge in [0.1, 0.15) is 12.4 Å². The molecule has 0 saturated carbocycles. The second-order valence-corrected chi connectivity index (χ2v) is 8.27. The molecule has 0 radical (unpaired) electrons. The fourth-order valence-electron chi connectivity index (χ4n) is 3.82. The van der Waals surface area contributed by atoms with Crippen molar-refractivity contribution in [1.29, 1.82) is 0 Å². The number of ether oxygens (including phenoxy) is 1. The number of carbonyl (C=O) groups excluding carboxylic acids is 1. The second-order valence-electron chi connectivity index (χ2n) is 8.27. The summed E-state index contributed by atoms with van der Waals surface area (Å²) in [5.41, 5.74) is 1.71. The van der Waals surface area contributed by atoms with Gasteiger partial charge in [0.15, 0.2) is 0 Å². The first-order valence-electron chi connectivity index (χ1n) is 10.7. The molecule has 9 heteroatoms. The van der Waals surface area contributed by atoms with E-state index in [2.05, 4.69) is 5.32 Å². The van der Waals surface area contributed by atoms with E-state index < -0.39 is 17.7 Å². The standard InChI is InChI=1S/C24H27F3N2O4/c1-15(2)19-5-3-16(11-20(19)24(25,26)27)14-33-18-4-6-21-17(12-18)8-10-29(21)22(30)13-28-9-7-23(31)32/h3-6,11-12,15,28H,7-10,13-14H2,1-2H3,(H,31,32). The molecule has 178 valence electrons. The van der Waals surface area contributed by atoms with Gasteiger partial charge in [0.25, 0.3) is 0 Å². The molecule has 2 N–H and O–H groups in total. The van der Waals surface area contributed by atoms with E-state index in [-0.39, 0.29) is 43.5 Å². The Hall–Kier alpha value is -3.07. The van der Waals surface area contributed by atoms with Crippen LogP contribution in [0.15, 0.2) is 36.4 Å². The summed E-state index contributed by atoms with van der Waals surface area (Å²) < 4.78 is 46.0. The van der Waals surface area contributed by atoms with Gasteiger partial charge in [-0.05, 0) is 53.3 Å².